The number of carbonyl (C=O) groups excluding carboxylic acids is 1. The van der Waals surface area contributed by atoms with E-state index in [-0.39, 0.29) is 11.9 Å². The Bertz CT molecular complexity index is 948. The lowest BCUT2D eigenvalue weighted by atomic mass is 9.97. The van der Waals surface area contributed by atoms with E-state index in [4.69, 9.17) is 16.6 Å². The molecule has 32 heavy (non-hydrogen) atoms. The van der Waals surface area contributed by atoms with E-state index < -0.39 is 0 Å². The molecule has 1 saturated heterocycles. The largest absolute Gasteiger partial charge is 0.457 e. The van der Waals surface area contributed by atoms with Crippen LogP contribution in [0.2, 0.25) is 0 Å². The number of furan rings is 1. The minimum atomic E-state index is 0.0466. The number of benzene rings is 1. The molecule has 1 aliphatic heterocycles. The van der Waals surface area contributed by atoms with Gasteiger partial charge in [0.25, 0.3) is 5.91 Å². The Morgan fingerprint density at radius 2 is 1.50 bits per heavy atom. The van der Waals surface area contributed by atoms with Gasteiger partial charge < -0.3 is 4.42 Å². The minimum absolute atomic E-state index is 0.0466. The Labute approximate surface area is 201 Å². The van der Waals surface area contributed by atoms with Crippen LogP contribution in [0.15, 0.2) is 45.7 Å². The van der Waals surface area contributed by atoms with Crippen molar-refractivity contribution >= 4 is 40.3 Å². The molecule has 1 amide bonds. The van der Waals surface area contributed by atoms with Gasteiger partial charge in [-0.2, -0.15) is 0 Å². The second-order valence-electron chi connectivity index (χ2n) is 9.03. The van der Waals surface area contributed by atoms with Crippen molar-refractivity contribution in [3.8, 4) is 11.3 Å². The van der Waals surface area contributed by atoms with E-state index in [0.717, 1.165) is 24.2 Å². The molecular formula is C27H33NO2S2. The molecule has 3 nitrogen and oxygen atoms in total. The van der Waals surface area contributed by atoms with Gasteiger partial charge in [0.15, 0.2) is 0 Å². The van der Waals surface area contributed by atoms with E-state index in [1.165, 1.54) is 75.1 Å². The lowest BCUT2D eigenvalue weighted by Gasteiger charge is -2.27. The predicted molar refractivity (Wildman–Crippen MR) is 138 cm³/mol. The standard InChI is InChI=1S/C27H33NO2S2/c1-20-13-15-21(16-14-20)24-18-17-23(30-24)19-25-26(29)28(27(31)32-25)22-11-9-7-5-3-2-4-6-8-10-12-22/h13-19,22H,2-12H2,1H3. The number of nitrogens with zero attached hydrogens (tertiary/aromatic N) is 1. The molecule has 0 bridgehead atoms. The summed E-state index contributed by atoms with van der Waals surface area (Å²) in [5, 5.41) is 0. The molecular weight excluding hydrogens is 434 g/mol. The summed E-state index contributed by atoms with van der Waals surface area (Å²) < 4.78 is 6.72. The molecule has 2 aliphatic rings. The van der Waals surface area contributed by atoms with Crippen LogP contribution in [-0.4, -0.2) is 21.2 Å². The first-order valence-electron chi connectivity index (χ1n) is 12.1. The fraction of sp³-hybridized carbons (Fsp3) is 0.481. The highest BCUT2D eigenvalue weighted by Crippen LogP contribution is 2.37. The molecule has 170 valence electrons. The van der Waals surface area contributed by atoms with Crippen molar-refractivity contribution in [2.75, 3.05) is 0 Å². The second-order valence-corrected chi connectivity index (χ2v) is 10.7. The van der Waals surface area contributed by atoms with E-state index >= 15 is 0 Å². The molecule has 1 aromatic carbocycles. The molecule has 2 aromatic rings. The number of thioether (sulfide) groups is 1. The number of amides is 1. The number of aryl methyl sites for hydroxylation is 1. The Hall–Kier alpha value is -1.85. The van der Waals surface area contributed by atoms with E-state index in [9.17, 15) is 4.79 Å². The van der Waals surface area contributed by atoms with Crippen LogP contribution in [0.5, 0.6) is 0 Å². The van der Waals surface area contributed by atoms with Crippen molar-refractivity contribution in [3.63, 3.8) is 0 Å². The van der Waals surface area contributed by atoms with Crippen LogP contribution in [0.3, 0.4) is 0 Å². The van der Waals surface area contributed by atoms with Gasteiger partial charge in [-0.05, 0) is 31.9 Å². The van der Waals surface area contributed by atoms with Gasteiger partial charge in [-0.3, -0.25) is 9.69 Å². The third kappa shape index (κ3) is 5.93. The Balaban J connectivity index is 1.46. The molecule has 2 heterocycles. The Kier molecular flexibility index (Phi) is 8.26. The maximum Gasteiger partial charge on any atom is 0.266 e. The topological polar surface area (TPSA) is 33.5 Å². The van der Waals surface area contributed by atoms with Crippen LogP contribution >= 0.6 is 24.0 Å². The second kappa shape index (κ2) is 11.3. The molecule has 0 N–H and O–H groups in total. The molecule has 1 aliphatic carbocycles. The average molecular weight is 468 g/mol. The summed E-state index contributed by atoms with van der Waals surface area (Å²) in [6.07, 6.45) is 15.5. The molecule has 0 radical (unpaired) electrons. The van der Waals surface area contributed by atoms with Gasteiger partial charge in [-0.25, -0.2) is 0 Å². The van der Waals surface area contributed by atoms with Crippen molar-refractivity contribution < 1.29 is 9.21 Å². The highest BCUT2D eigenvalue weighted by molar-refractivity contribution is 8.26. The molecule has 4 rings (SSSR count). The monoisotopic (exact) mass is 467 g/mol. The first kappa shape index (κ1) is 23.3. The summed E-state index contributed by atoms with van der Waals surface area (Å²) in [4.78, 5) is 15.9. The Morgan fingerprint density at radius 3 is 2.12 bits per heavy atom. The summed E-state index contributed by atoms with van der Waals surface area (Å²) in [6, 6.07) is 12.4. The van der Waals surface area contributed by atoms with Crippen molar-refractivity contribution in [3.05, 3.63) is 52.6 Å². The molecule has 5 heteroatoms. The fourth-order valence-electron chi connectivity index (χ4n) is 4.63. The summed E-state index contributed by atoms with van der Waals surface area (Å²) in [5.41, 5.74) is 2.26. The van der Waals surface area contributed by atoms with Gasteiger partial charge in [-0.1, -0.05) is 112 Å². The van der Waals surface area contributed by atoms with Crippen LogP contribution in [-0.2, 0) is 4.79 Å². The first-order valence-corrected chi connectivity index (χ1v) is 13.3. The van der Waals surface area contributed by atoms with E-state index in [0.29, 0.717) is 15.0 Å². The zero-order valence-electron chi connectivity index (χ0n) is 19.0. The smallest absolute Gasteiger partial charge is 0.266 e. The molecule has 2 fully saturated rings. The van der Waals surface area contributed by atoms with Crippen LogP contribution in [0.1, 0.15) is 82.0 Å². The van der Waals surface area contributed by atoms with Gasteiger partial charge in [0, 0.05) is 17.7 Å². The van der Waals surface area contributed by atoms with E-state index in [1.807, 2.05) is 23.1 Å². The zero-order valence-corrected chi connectivity index (χ0v) is 20.6. The van der Waals surface area contributed by atoms with Crippen molar-refractivity contribution in [2.45, 2.75) is 83.6 Å². The first-order chi connectivity index (χ1) is 15.6. The van der Waals surface area contributed by atoms with Crippen molar-refractivity contribution in [1.29, 1.82) is 0 Å². The molecule has 0 unspecified atom stereocenters. The summed E-state index contributed by atoms with van der Waals surface area (Å²) in [5.74, 6) is 1.55. The van der Waals surface area contributed by atoms with Crippen LogP contribution in [0.25, 0.3) is 17.4 Å². The summed E-state index contributed by atoms with van der Waals surface area (Å²) in [7, 11) is 0. The van der Waals surface area contributed by atoms with E-state index in [1.54, 1.807) is 0 Å². The maximum atomic E-state index is 13.3. The lowest BCUT2D eigenvalue weighted by molar-refractivity contribution is -0.123. The van der Waals surface area contributed by atoms with Crippen LogP contribution in [0.4, 0.5) is 0 Å². The van der Waals surface area contributed by atoms with Gasteiger partial charge in [0.05, 0.1) is 4.91 Å². The van der Waals surface area contributed by atoms with E-state index in [2.05, 4.69) is 31.2 Å². The molecule has 0 atom stereocenters. The highest BCUT2D eigenvalue weighted by Gasteiger charge is 2.36. The average Bonchev–Trinajstić information content (AvgIpc) is 3.34. The number of hydrogen-bond acceptors (Lipinski definition) is 4. The highest BCUT2D eigenvalue weighted by atomic mass is 32.2. The van der Waals surface area contributed by atoms with Gasteiger partial charge in [0.2, 0.25) is 0 Å². The third-order valence-electron chi connectivity index (χ3n) is 6.50. The number of carbonyl (C=O) groups is 1. The fourth-order valence-corrected chi connectivity index (χ4v) is 6.01. The maximum absolute atomic E-state index is 13.3. The third-order valence-corrected chi connectivity index (χ3v) is 7.83. The van der Waals surface area contributed by atoms with Crippen LogP contribution in [0, 0.1) is 6.92 Å². The number of hydrogen-bond donors (Lipinski definition) is 0. The van der Waals surface area contributed by atoms with Gasteiger partial charge >= 0.3 is 0 Å². The summed E-state index contributed by atoms with van der Waals surface area (Å²) in [6.45, 7) is 2.07. The van der Waals surface area contributed by atoms with Crippen molar-refractivity contribution in [1.82, 2.24) is 4.90 Å². The minimum Gasteiger partial charge on any atom is -0.457 e. The Morgan fingerprint density at radius 1 is 0.906 bits per heavy atom. The number of thiocarbonyl (C=S) groups is 1. The molecule has 1 saturated carbocycles. The number of rotatable bonds is 3. The lowest BCUT2D eigenvalue weighted by Crippen LogP contribution is -2.38. The quantitative estimate of drug-likeness (QED) is 0.337. The van der Waals surface area contributed by atoms with Gasteiger partial charge in [0.1, 0.15) is 15.8 Å². The summed E-state index contributed by atoms with van der Waals surface area (Å²) >= 11 is 7.08. The molecule has 1 aromatic heterocycles. The van der Waals surface area contributed by atoms with Crippen molar-refractivity contribution in [2.24, 2.45) is 0 Å². The van der Waals surface area contributed by atoms with Gasteiger partial charge in [-0.15, -0.1) is 0 Å². The molecule has 0 spiro atoms. The zero-order chi connectivity index (χ0) is 22.3. The SMILES string of the molecule is Cc1ccc(-c2ccc(C=C3SC(=S)N(C4CCCCCCCCCCC4)C3=O)o2)cc1. The predicted octanol–water partition coefficient (Wildman–Crippen LogP) is 8.13. The van der Waals surface area contributed by atoms with Crippen LogP contribution < -0.4 is 0 Å². The normalized spacial score (nSPS) is 21.0.